The average Bonchev–Trinajstić information content (AvgIpc) is 3.04. The van der Waals surface area contributed by atoms with Crippen LogP contribution in [0.1, 0.15) is 19.3 Å². The molecule has 0 unspecified atom stereocenters. The number of amides is 2. The summed E-state index contributed by atoms with van der Waals surface area (Å²) in [5, 5.41) is 2.65. The summed E-state index contributed by atoms with van der Waals surface area (Å²) in [6.07, 6.45) is 2.50. The number of hydrogen-bond donors (Lipinski definition) is 1. The summed E-state index contributed by atoms with van der Waals surface area (Å²) in [6, 6.07) is 13.0. The maximum atomic E-state index is 13.3. The van der Waals surface area contributed by atoms with Crippen molar-refractivity contribution in [3.63, 3.8) is 0 Å². The van der Waals surface area contributed by atoms with Gasteiger partial charge in [0.05, 0.1) is 17.3 Å². The molecule has 5 nitrogen and oxygen atoms in total. The first-order valence-corrected chi connectivity index (χ1v) is 8.65. The SMILES string of the molecule is O=C(CN1C(=O)[C@H]2CCCC2=Nc2ccccc21)Nc1cccc(F)c1. The lowest BCUT2D eigenvalue weighted by Gasteiger charge is -2.24. The van der Waals surface area contributed by atoms with Crippen LogP contribution >= 0.6 is 0 Å². The van der Waals surface area contributed by atoms with Gasteiger partial charge in [-0.15, -0.1) is 0 Å². The fourth-order valence-electron chi connectivity index (χ4n) is 3.55. The van der Waals surface area contributed by atoms with Gasteiger partial charge in [0.1, 0.15) is 12.4 Å². The van der Waals surface area contributed by atoms with Crippen LogP contribution in [0.5, 0.6) is 0 Å². The second-order valence-corrected chi connectivity index (χ2v) is 6.52. The maximum Gasteiger partial charge on any atom is 0.244 e. The van der Waals surface area contributed by atoms with Gasteiger partial charge in [-0.2, -0.15) is 0 Å². The highest BCUT2D eigenvalue weighted by atomic mass is 19.1. The summed E-state index contributed by atoms with van der Waals surface area (Å²) in [6.45, 7) is -0.133. The largest absolute Gasteiger partial charge is 0.324 e. The van der Waals surface area contributed by atoms with Gasteiger partial charge in [0, 0.05) is 11.4 Å². The zero-order chi connectivity index (χ0) is 18.1. The van der Waals surface area contributed by atoms with E-state index in [1.165, 1.54) is 23.1 Å². The van der Waals surface area contributed by atoms with E-state index >= 15 is 0 Å². The Morgan fingerprint density at radius 1 is 1.23 bits per heavy atom. The Morgan fingerprint density at radius 3 is 2.92 bits per heavy atom. The molecule has 0 spiro atoms. The number of nitrogens with one attached hydrogen (secondary N) is 1. The zero-order valence-corrected chi connectivity index (χ0v) is 14.1. The van der Waals surface area contributed by atoms with E-state index in [-0.39, 0.29) is 24.3 Å². The predicted molar refractivity (Wildman–Crippen MR) is 98.3 cm³/mol. The molecule has 0 radical (unpaired) electrons. The standard InChI is InChI=1S/C20H18FN3O2/c21-13-5-3-6-14(11-13)22-19(25)12-24-18-10-2-1-8-17(18)23-16-9-4-7-15(16)20(24)26/h1-3,5-6,8,10-11,15H,4,7,9,12H2,(H,22,25)/t15-/m0/s1. The van der Waals surface area contributed by atoms with Crippen LogP contribution in [0, 0.1) is 11.7 Å². The van der Waals surface area contributed by atoms with Gasteiger partial charge in [-0.05, 0) is 49.6 Å². The van der Waals surface area contributed by atoms with Crippen molar-refractivity contribution in [2.24, 2.45) is 10.9 Å². The second kappa shape index (κ2) is 6.71. The first-order chi connectivity index (χ1) is 12.6. The second-order valence-electron chi connectivity index (χ2n) is 6.52. The van der Waals surface area contributed by atoms with E-state index in [4.69, 9.17) is 0 Å². The van der Waals surface area contributed by atoms with Crippen LogP contribution in [0.25, 0.3) is 0 Å². The van der Waals surface area contributed by atoms with Crippen molar-refractivity contribution in [3.8, 4) is 0 Å². The number of anilines is 2. The monoisotopic (exact) mass is 351 g/mol. The Balaban J connectivity index is 1.61. The molecule has 2 amide bonds. The molecule has 6 heteroatoms. The van der Waals surface area contributed by atoms with Crippen molar-refractivity contribution < 1.29 is 14.0 Å². The Hall–Kier alpha value is -3.02. The van der Waals surface area contributed by atoms with Crippen molar-refractivity contribution in [3.05, 3.63) is 54.3 Å². The normalized spacial score (nSPS) is 18.7. The third-order valence-corrected chi connectivity index (χ3v) is 4.74. The number of carbonyl (C=O) groups is 2. The van der Waals surface area contributed by atoms with Crippen molar-refractivity contribution in [2.75, 3.05) is 16.8 Å². The van der Waals surface area contributed by atoms with Crippen molar-refractivity contribution in [1.29, 1.82) is 0 Å². The number of hydrogen-bond acceptors (Lipinski definition) is 3. The molecule has 2 aliphatic rings. The molecule has 0 saturated heterocycles. The zero-order valence-electron chi connectivity index (χ0n) is 14.1. The van der Waals surface area contributed by atoms with Crippen LogP contribution in [0.3, 0.4) is 0 Å². The molecule has 2 aromatic carbocycles. The number of fused-ring (bicyclic) bond motifs is 2. The summed E-state index contributed by atoms with van der Waals surface area (Å²) in [5.41, 5.74) is 2.60. The summed E-state index contributed by atoms with van der Waals surface area (Å²) >= 11 is 0. The molecular weight excluding hydrogens is 333 g/mol. The fraction of sp³-hybridized carbons (Fsp3) is 0.250. The number of halogens is 1. The lowest BCUT2D eigenvalue weighted by atomic mass is 10.1. The maximum absolute atomic E-state index is 13.3. The summed E-state index contributed by atoms with van der Waals surface area (Å²) < 4.78 is 13.3. The van der Waals surface area contributed by atoms with Crippen molar-refractivity contribution in [2.45, 2.75) is 19.3 Å². The Morgan fingerprint density at radius 2 is 2.08 bits per heavy atom. The minimum atomic E-state index is -0.428. The van der Waals surface area contributed by atoms with Gasteiger partial charge in [0.25, 0.3) is 0 Å². The first-order valence-electron chi connectivity index (χ1n) is 8.65. The quantitative estimate of drug-likeness (QED) is 0.917. The number of benzene rings is 2. The van der Waals surface area contributed by atoms with Gasteiger partial charge < -0.3 is 10.2 Å². The Bertz CT molecular complexity index is 909. The van der Waals surface area contributed by atoms with Crippen LogP contribution < -0.4 is 10.2 Å². The molecule has 1 aliphatic carbocycles. The van der Waals surface area contributed by atoms with Crippen LogP contribution in [-0.2, 0) is 9.59 Å². The van der Waals surface area contributed by atoms with E-state index < -0.39 is 5.82 Å². The molecule has 1 N–H and O–H groups in total. The Labute approximate surface area is 150 Å². The molecular formula is C20H18FN3O2. The number of para-hydroxylation sites is 2. The molecule has 1 aliphatic heterocycles. The molecule has 2 aromatic rings. The van der Waals surface area contributed by atoms with Gasteiger partial charge in [0.2, 0.25) is 11.8 Å². The third-order valence-electron chi connectivity index (χ3n) is 4.74. The number of carbonyl (C=O) groups excluding carboxylic acids is 2. The molecule has 26 heavy (non-hydrogen) atoms. The van der Waals surface area contributed by atoms with Crippen LogP contribution in [0.2, 0.25) is 0 Å². The summed E-state index contributed by atoms with van der Waals surface area (Å²) in [5.74, 6) is -1.16. The lowest BCUT2D eigenvalue weighted by molar-refractivity contribution is -0.122. The van der Waals surface area contributed by atoms with Gasteiger partial charge >= 0.3 is 0 Å². The first kappa shape index (κ1) is 16.4. The fourth-order valence-corrected chi connectivity index (χ4v) is 3.55. The molecule has 1 atom stereocenters. The van der Waals surface area contributed by atoms with Gasteiger partial charge in [0.15, 0.2) is 0 Å². The molecule has 4 rings (SSSR count). The Kier molecular flexibility index (Phi) is 4.24. The molecule has 0 bridgehead atoms. The molecule has 1 saturated carbocycles. The number of aliphatic imine (C=N–C) groups is 1. The number of rotatable bonds is 3. The van der Waals surface area contributed by atoms with E-state index in [1.54, 1.807) is 12.1 Å². The third kappa shape index (κ3) is 3.10. The van der Waals surface area contributed by atoms with Gasteiger partial charge in [-0.3, -0.25) is 14.6 Å². The molecule has 0 aromatic heterocycles. The molecule has 1 fully saturated rings. The van der Waals surface area contributed by atoms with Crippen LogP contribution in [-0.4, -0.2) is 24.1 Å². The van der Waals surface area contributed by atoms with Gasteiger partial charge in [-0.25, -0.2) is 4.39 Å². The highest BCUT2D eigenvalue weighted by Gasteiger charge is 2.37. The predicted octanol–water partition coefficient (Wildman–Crippen LogP) is 3.68. The smallest absolute Gasteiger partial charge is 0.244 e. The minimum Gasteiger partial charge on any atom is -0.324 e. The van der Waals surface area contributed by atoms with Crippen LogP contribution in [0.15, 0.2) is 53.5 Å². The summed E-state index contributed by atoms with van der Waals surface area (Å²) in [4.78, 5) is 31.7. The summed E-state index contributed by atoms with van der Waals surface area (Å²) in [7, 11) is 0. The van der Waals surface area contributed by atoms with E-state index in [0.29, 0.717) is 17.1 Å². The topological polar surface area (TPSA) is 61.8 Å². The van der Waals surface area contributed by atoms with Gasteiger partial charge in [-0.1, -0.05) is 18.2 Å². The van der Waals surface area contributed by atoms with E-state index in [2.05, 4.69) is 10.3 Å². The molecule has 1 heterocycles. The van der Waals surface area contributed by atoms with Crippen LogP contribution in [0.4, 0.5) is 21.5 Å². The van der Waals surface area contributed by atoms with Crippen molar-refractivity contribution in [1.82, 2.24) is 0 Å². The highest BCUT2D eigenvalue weighted by molar-refractivity contribution is 6.16. The van der Waals surface area contributed by atoms with Crippen molar-refractivity contribution >= 4 is 34.6 Å². The lowest BCUT2D eigenvalue weighted by Crippen LogP contribution is -2.41. The van der Waals surface area contributed by atoms with E-state index in [0.717, 1.165) is 25.0 Å². The van der Waals surface area contributed by atoms with E-state index in [1.807, 2.05) is 18.2 Å². The van der Waals surface area contributed by atoms with E-state index in [9.17, 15) is 14.0 Å². The average molecular weight is 351 g/mol. The highest BCUT2D eigenvalue weighted by Crippen LogP contribution is 2.37. The number of nitrogens with zero attached hydrogens (tertiary/aromatic N) is 2. The minimum absolute atomic E-state index is 0.0967. The molecule has 132 valence electrons.